The van der Waals surface area contributed by atoms with Gasteiger partial charge in [0, 0.05) is 6.07 Å². The van der Waals surface area contributed by atoms with Gasteiger partial charge in [0.15, 0.2) is 5.75 Å². The van der Waals surface area contributed by atoms with E-state index in [2.05, 4.69) is 0 Å². The van der Waals surface area contributed by atoms with Crippen LogP contribution in [-0.2, 0) is 0 Å². The molecule has 0 fully saturated rings. The number of rotatable bonds is 2. The number of aromatic hydroxyl groups is 1. The first kappa shape index (κ1) is 9.90. The lowest BCUT2D eigenvalue weighted by atomic mass is 10.2. The van der Waals surface area contributed by atoms with Crippen molar-refractivity contribution in [2.24, 2.45) is 0 Å². The first-order chi connectivity index (χ1) is 7.50. The molecule has 0 bridgehead atoms. The molecule has 82 valence electrons. The predicted octanol–water partition coefficient (Wildman–Crippen LogP) is 1.95. The Balaban J connectivity index is 2.86. The maximum Gasteiger partial charge on any atom is 0.319 e. The average Bonchev–Trinajstić information content (AvgIpc) is 2.59. The van der Waals surface area contributed by atoms with Crippen LogP contribution in [0.15, 0.2) is 22.8 Å². The fourth-order valence-electron chi connectivity index (χ4n) is 1.33. The van der Waals surface area contributed by atoms with Crippen molar-refractivity contribution < 1.29 is 19.4 Å². The van der Waals surface area contributed by atoms with Crippen LogP contribution in [0.25, 0.3) is 11.0 Å². The van der Waals surface area contributed by atoms with Gasteiger partial charge in [-0.3, -0.25) is 20.2 Å². The minimum absolute atomic E-state index is 0.0547. The molecular formula is C8H4N2O6. The lowest BCUT2D eigenvalue weighted by Crippen LogP contribution is -1.92. The third-order valence-electron chi connectivity index (χ3n) is 2.03. The van der Waals surface area contributed by atoms with Crippen molar-refractivity contribution in [2.75, 3.05) is 0 Å². The third kappa shape index (κ3) is 1.32. The smallest absolute Gasteiger partial charge is 0.319 e. The molecule has 0 amide bonds. The Labute approximate surface area is 87.0 Å². The molecule has 1 aromatic heterocycles. The van der Waals surface area contributed by atoms with Gasteiger partial charge in [-0.05, 0) is 0 Å². The number of nitrogens with zero attached hydrogens (tertiary/aromatic N) is 2. The Kier molecular flexibility index (Phi) is 1.97. The van der Waals surface area contributed by atoms with Gasteiger partial charge in [0.25, 0.3) is 5.69 Å². The number of furan rings is 1. The highest BCUT2D eigenvalue weighted by Crippen LogP contribution is 2.36. The summed E-state index contributed by atoms with van der Waals surface area (Å²) in [5, 5.41) is 30.4. The lowest BCUT2D eigenvalue weighted by molar-refractivity contribution is -0.393. The summed E-state index contributed by atoms with van der Waals surface area (Å²) in [6.45, 7) is 0. The molecule has 16 heavy (non-hydrogen) atoms. The van der Waals surface area contributed by atoms with Crippen molar-refractivity contribution in [3.8, 4) is 5.75 Å². The van der Waals surface area contributed by atoms with Gasteiger partial charge in [0.1, 0.15) is 6.26 Å². The monoisotopic (exact) mass is 224 g/mol. The molecule has 2 aromatic rings. The molecule has 0 atom stereocenters. The molecule has 2 rings (SSSR count). The van der Waals surface area contributed by atoms with Crippen LogP contribution < -0.4 is 0 Å². The number of hydrogen-bond donors (Lipinski definition) is 1. The molecule has 0 aliphatic carbocycles. The third-order valence-corrected chi connectivity index (χ3v) is 2.03. The van der Waals surface area contributed by atoms with E-state index in [1.165, 1.54) is 0 Å². The molecule has 1 N–H and O–H groups in total. The summed E-state index contributed by atoms with van der Waals surface area (Å²) in [7, 11) is 0. The fourth-order valence-corrected chi connectivity index (χ4v) is 1.33. The second-order valence-corrected chi connectivity index (χ2v) is 2.98. The van der Waals surface area contributed by atoms with Gasteiger partial charge < -0.3 is 9.52 Å². The second kappa shape index (κ2) is 3.19. The van der Waals surface area contributed by atoms with Crippen LogP contribution >= 0.6 is 0 Å². The van der Waals surface area contributed by atoms with E-state index in [1.807, 2.05) is 0 Å². The number of non-ortho nitro benzene ring substituents is 2. The van der Waals surface area contributed by atoms with Gasteiger partial charge >= 0.3 is 5.69 Å². The molecule has 0 aliphatic rings. The van der Waals surface area contributed by atoms with E-state index in [0.717, 1.165) is 18.4 Å². The Bertz CT molecular complexity index is 602. The van der Waals surface area contributed by atoms with Crippen molar-refractivity contribution in [2.45, 2.75) is 0 Å². The maximum absolute atomic E-state index is 10.6. The maximum atomic E-state index is 10.6. The van der Waals surface area contributed by atoms with E-state index < -0.39 is 21.2 Å². The second-order valence-electron chi connectivity index (χ2n) is 2.98. The van der Waals surface area contributed by atoms with Crippen molar-refractivity contribution in [1.82, 2.24) is 0 Å². The number of nitro benzene ring substituents is 2. The Morgan fingerprint density at radius 3 is 2.44 bits per heavy atom. The van der Waals surface area contributed by atoms with Crippen LogP contribution in [0.1, 0.15) is 0 Å². The molecule has 1 aromatic carbocycles. The van der Waals surface area contributed by atoms with Gasteiger partial charge in [-0.2, -0.15) is 0 Å². The summed E-state index contributed by atoms with van der Waals surface area (Å²) >= 11 is 0. The molecule has 0 spiro atoms. The van der Waals surface area contributed by atoms with Crippen LogP contribution in [0.4, 0.5) is 11.4 Å². The van der Waals surface area contributed by atoms with Gasteiger partial charge in [-0.1, -0.05) is 0 Å². The van der Waals surface area contributed by atoms with Crippen molar-refractivity contribution in [1.29, 1.82) is 0 Å². The van der Waals surface area contributed by atoms with E-state index in [1.54, 1.807) is 0 Å². The summed E-state index contributed by atoms with van der Waals surface area (Å²) in [5.41, 5.74) is -1.21. The zero-order chi connectivity index (χ0) is 11.9. The zero-order valence-corrected chi connectivity index (χ0v) is 7.61. The predicted molar refractivity (Wildman–Crippen MR) is 51.2 cm³/mol. The zero-order valence-electron chi connectivity index (χ0n) is 7.61. The average molecular weight is 224 g/mol. The van der Waals surface area contributed by atoms with E-state index in [-0.39, 0.29) is 16.7 Å². The van der Waals surface area contributed by atoms with E-state index in [9.17, 15) is 25.3 Å². The highest BCUT2D eigenvalue weighted by molar-refractivity contribution is 5.92. The molecule has 0 aliphatic heterocycles. The minimum atomic E-state index is -0.807. The lowest BCUT2D eigenvalue weighted by Gasteiger charge is -1.94. The van der Waals surface area contributed by atoms with Crippen LogP contribution in [0.3, 0.4) is 0 Å². The summed E-state index contributed by atoms with van der Waals surface area (Å²) < 4.78 is 4.76. The quantitative estimate of drug-likeness (QED) is 0.614. The molecule has 0 unspecified atom stereocenters. The summed E-state index contributed by atoms with van der Waals surface area (Å²) in [6, 6.07) is 1.80. The van der Waals surface area contributed by atoms with Gasteiger partial charge in [0.05, 0.1) is 21.3 Å². The van der Waals surface area contributed by atoms with Crippen LogP contribution in [0, 0.1) is 20.2 Å². The SMILES string of the molecule is O=[N+]([O-])c1cc([N+](=O)[O-])c2occ(O)c2c1. The topological polar surface area (TPSA) is 120 Å². The largest absolute Gasteiger partial charge is 0.504 e. The minimum Gasteiger partial charge on any atom is -0.504 e. The van der Waals surface area contributed by atoms with Gasteiger partial charge in [-0.15, -0.1) is 0 Å². The fraction of sp³-hybridized carbons (Fsp3) is 0. The molecule has 0 radical (unpaired) electrons. The summed E-state index contributed by atoms with van der Waals surface area (Å²) in [4.78, 5) is 19.6. The van der Waals surface area contributed by atoms with E-state index in [0.29, 0.717) is 0 Å². The van der Waals surface area contributed by atoms with Crippen LogP contribution in [0.2, 0.25) is 0 Å². The number of fused-ring (bicyclic) bond motifs is 1. The van der Waals surface area contributed by atoms with Crippen molar-refractivity contribution in [3.05, 3.63) is 38.6 Å². The molecule has 8 heteroatoms. The Hall–Kier alpha value is -2.64. The van der Waals surface area contributed by atoms with Gasteiger partial charge in [0.2, 0.25) is 5.58 Å². The van der Waals surface area contributed by atoms with Crippen LogP contribution in [-0.4, -0.2) is 15.0 Å². The molecule has 1 heterocycles. The highest BCUT2D eigenvalue weighted by atomic mass is 16.6. The number of hydrogen-bond acceptors (Lipinski definition) is 6. The Morgan fingerprint density at radius 2 is 1.88 bits per heavy atom. The van der Waals surface area contributed by atoms with Crippen molar-refractivity contribution >= 4 is 22.3 Å². The van der Waals surface area contributed by atoms with E-state index in [4.69, 9.17) is 4.42 Å². The first-order valence-electron chi connectivity index (χ1n) is 4.03. The molecule has 8 nitrogen and oxygen atoms in total. The summed E-state index contributed by atoms with van der Waals surface area (Å²) in [5.74, 6) is -0.373. The standard InChI is InChI=1S/C8H4N2O6/c11-7-3-16-8-5(7)1-4(9(12)13)2-6(8)10(14)15/h1-3,11H. The number of nitro groups is 2. The molecule has 0 saturated heterocycles. The summed E-state index contributed by atoms with van der Waals surface area (Å²) in [6.07, 6.45) is 0.890. The number of benzene rings is 1. The molecular weight excluding hydrogens is 220 g/mol. The van der Waals surface area contributed by atoms with Crippen molar-refractivity contribution in [3.63, 3.8) is 0 Å². The van der Waals surface area contributed by atoms with Gasteiger partial charge in [-0.25, -0.2) is 0 Å². The molecule has 0 saturated carbocycles. The van der Waals surface area contributed by atoms with E-state index >= 15 is 0 Å². The van der Waals surface area contributed by atoms with Crippen LogP contribution in [0.5, 0.6) is 5.75 Å². The first-order valence-corrected chi connectivity index (χ1v) is 4.03. The normalized spacial score (nSPS) is 10.5. The highest BCUT2D eigenvalue weighted by Gasteiger charge is 2.23. The Morgan fingerprint density at radius 1 is 1.19 bits per heavy atom.